The van der Waals surface area contributed by atoms with Crippen molar-refractivity contribution >= 4 is 51.6 Å². The largest absolute Gasteiger partial charge is 0.465 e. The van der Waals surface area contributed by atoms with Crippen molar-refractivity contribution < 1.29 is 18.7 Å². The standard InChI is InChI=1S/C19H16ClN3O4S2/c1-26-18(25)15-12-3-2-4-13(12)29-17(15)21-14(24)9-28-19-23-22-16(27-19)10-5-7-11(20)8-6-10/h5-8H,2-4,9H2,1H3,(H,21,24). The van der Waals surface area contributed by atoms with Crippen LogP contribution >= 0.6 is 34.7 Å². The molecule has 0 spiro atoms. The Balaban J connectivity index is 1.40. The molecule has 0 atom stereocenters. The topological polar surface area (TPSA) is 94.3 Å². The van der Waals surface area contributed by atoms with E-state index in [1.54, 1.807) is 24.3 Å². The van der Waals surface area contributed by atoms with Gasteiger partial charge in [-0.25, -0.2) is 4.79 Å². The highest BCUT2D eigenvalue weighted by Crippen LogP contribution is 2.39. The first-order valence-electron chi connectivity index (χ1n) is 8.80. The molecule has 2 heterocycles. The van der Waals surface area contributed by atoms with Crippen LogP contribution in [0.2, 0.25) is 5.02 Å². The zero-order chi connectivity index (χ0) is 20.4. The number of amides is 1. The van der Waals surface area contributed by atoms with Crippen LogP contribution < -0.4 is 5.32 Å². The summed E-state index contributed by atoms with van der Waals surface area (Å²) in [4.78, 5) is 25.7. The van der Waals surface area contributed by atoms with Crippen molar-refractivity contribution in [1.82, 2.24) is 10.2 Å². The number of nitrogens with zero attached hydrogens (tertiary/aromatic N) is 2. The molecule has 0 saturated heterocycles. The van der Waals surface area contributed by atoms with Gasteiger partial charge in [0.25, 0.3) is 5.22 Å². The molecule has 1 aromatic carbocycles. The van der Waals surface area contributed by atoms with E-state index in [0.29, 0.717) is 21.5 Å². The van der Waals surface area contributed by atoms with Crippen LogP contribution in [0.1, 0.15) is 27.2 Å². The Morgan fingerprint density at radius 3 is 2.83 bits per heavy atom. The predicted octanol–water partition coefficient (Wildman–Crippen LogP) is 4.46. The minimum Gasteiger partial charge on any atom is -0.465 e. The van der Waals surface area contributed by atoms with Gasteiger partial charge in [-0.15, -0.1) is 21.5 Å². The van der Waals surface area contributed by atoms with Gasteiger partial charge in [0.1, 0.15) is 5.00 Å². The summed E-state index contributed by atoms with van der Waals surface area (Å²) in [6.07, 6.45) is 2.77. The van der Waals surface area contributed by atoms with E-state index in [9.17, 15) is 9.59 Å². The average Bonchev–Trinajstić information content (AvgIpc) is 3.42. The summed E-state index contributed by atoms with van der Waals surface area (Å²) in [6.45, 7) is 0. The van der Waals surface area contributed by atoms with Crippen molar-refractivity contribution in [3.8, 4) is 11.5 Å². The number of rotatable bonds is 6. The van der Waals surface area contributed by atoms with Gasteiger partial charge in [-0.05, 0) is 49.1 Å². The Bertz CT molecular complexity index is 1060. The van der Waals surface area contributed by atoms with Gasteiger partial charge in [-0.3, -0.25) is 4.79 Å². The maximum absolute atomic E-state index is 12.4. The SMILES string of the molecule is COC(=O)c1c(NC(=O)CSc2nnc(-c3ccc(Cl)cc3)o2)sc2c1CCC2. The number of carbonyl (C=O) groups is 2. The first-order valence-corrected chi connectivity index (χ1v) is 11.0. The summed E-state index contributed by atoms with van der Waals surface area (Å²) < 4.78 is 10.5. The Morgan fingerprint density at radius 1 is 1.28 bits per heavy atom. The van der Waals surface area contributed by atoms with Crippen LogP contribution in [0.5, 0.6) is 0 Å². The van der Waals surface area contributed by atoms with E-state index in [2.05, 4.69) is 15.5 Å². The van der Waals surface area contributed by atoms with E-state index < -0.39 is 5.97 Å². The van der Waals surface area contributed by atoms with Gasteiger partial charge in [0.05, 0.1) is 18.4 Å². The minimum absolute atomic E-state index is 0.0748. The van der Waals surface area contributed by atoms with Gasteiger partial charge in [0.15, 0.2) is 0 Å². The third kappa shape index (κ3) is 4.31. The maximum Gasteiger partial charge on any atom is 0.341 e. The highest BCUT2D eigenvalue weighted by molar-refractivity contribution is 7.99. The summed E-state index contributed by atoms with van der Waals surface area (Å²) in [6, 6.07) is 7.03. The second-order valence-electron chi connectivity index (χ2n) is 6.27. The highest BCUT2D eigenvalue weighted by Gasteiger charge is 2.28. The molecule has 1 N–H and O–H groups in total. The second-order valence-corrected chi connectivity index (χ2v) is 8.74. The second kappa shape index (κ2) is 8.56. The lowest BCUT2D eigenvalue weighted by Gasteiger charge is -2.06. The van der Waals surface area contributed by atoms with Crippen LogP contribution in [0.3, 0.4) is 0 Å². The van der Waals surface area contributed by atoms with Crippen LogP contribution in [0.4, 0.5) is 5.00 Å². The predicted molar refractivity (Wildman–Crippen MR) is 112 cm³/mol. The zero-order valence-corrected chi connectivity index (χ0v) is 17.7. The van der Waals surface area contributed by atoms with E-state index in [1.807, 2.05) is 0 Å². The van der Waals surface area contributed by atoms with Crippen LogP contribution in [-0.2, 0) is 22.4 Å². The lowest BCUT2D eigenvalue weighted by atomic mass is 10.1. The van der Waals surface area contributed by atoms with E-state index in [0.717, 1.165) is 47.0 Å². The van der Waals surface area contributed by atoms with Gasteiger partial charge >= 0.3 is 5.97 Å². The number of fused-ring (bicyclic) bond motifs is 1. The Kier molecular flexibility index (Phi) is 5.89. The molecule has 2 aromatic heterocycles. The molecule has 1 amide bonds. The van der Waals surface area contributed by atoms with E-state index in [1.165, 1.54) is 18.4 Å². The van der Waals surface area contributed by atoms with E-state index in [-0.39, 0.29) is 16.9 Å². The number of benzene rings is 1. The van der Waals surface area contributed by atoms with Crippen LogP contribution in [0, 0.1) is 0 Å². The maximum atomic E-state index is 12.4. The Labute approximate surface area is 179 Å². The fourth-order valence-corrected chi connectivity index (χ4v) is 5.06. The summed E-state index contributed by atoms with van der Waals surface area (Å²) >= 11 is 8.44. The summed E-state index contributed by atoms with van der Waals surface area (Å²) in [5.41, 5.74) is 2.22. The van der Waals surface area contributed by atoms with Gasteiger partial charge < -0.3 is 14.5 Å². The van der Waals surface area contributed by atoms with Crippen molar-refractivity contribution in [2.24, 2.45) is 0 Å². The lowest BCUT2D eigenvalue weighted by molar-refractivity contribution is -0.113. The number of hydrogen-bond donors (Lipinski definition) is 1. The molecule has 4 rings (SSSR count). The third-order valence-corrected chi connectivity index (χ3v) is 6.67. The minimum atomic E-state index is -0.420. The number of halogens is 1. The summed E-state index contributed by atoms with van der Waals surface area (Å²) in [5.74, 6) is -0.249. The van der Waals surface area contributed by atoms with Crippen molar-refractivity contribution in [1.29, 1.82) is 0 Å². The molecule has 0 bridgehead atoms. The fraction of sp³-hybridized carbons (Fsp3) is 0.263. The number of aryl methyl sites for hydroxylation is 1. The molecule has 0 saturated carbocycles. The smallest absolute Gasteiger partial charge is 0.341 e. The fourth-order valence-electron chi connectivity index (χ4n) is 3.08. The molecule has 1 aliphatic rings. The number of aromatic nitrogens is 2. The Hall–Kier alpha value is -2.36. The van der Waals surface area contributed by atoms with Crippen LogP contribution in [0.15, 0.2) is 33.9 Å². The average molecular weight is 450 g/mol. The Morgan fingerprint density at radius 2 is 2.07 bits per heavy atom. The first kappa shape index (κ1) is 19.9. The van der Waals surface area contributed by atoms with Crippen molar-refractivity contribution in [3.05, 3.63) is 45.3 Å². The number of hydrogen-bond acceptors (Lipinski definition) is 8. The quantitative estimate of drug-likeness (QED) is 0.438. The molecule has 1 aliphatic carbocycles. The van der Waals surface area contributed by atoms with Crippen molar-refractivity contribution in [2.75, 3.05) is 18.2 Å². The molecule has 0 aliphatic heterocycles. The number of methoxy groups -OCH3 is 1. The van der Waals surface area contributed by atoms with Crippen LogP contribution in [0.25, 0.3) is 11.5 Å². The molecule has 0 fully saturated rings. The third-order valence-electron chi connectivity index (χ3n) is 4.39. The first-order chi connectivity index (χ1) is 14.0. The number of thioether (sulfide) groups is 1. The highest BCUT2D eigenvalue weighted by atomic mass is 35.5. The number of esters is 1. The molecule has 7 nitrogen and oxygen atoms in total. The van der Waals surface area contributed by atoms with E-state index in [4.69, 9.17) is 20.8 Å². The molecule has 0 unspecified atom stereocenters. The van der Waals surface area contributed by atoms with Gasteiger partial charge in [-0.1, -0.05) is 23.4 Å². The van der Waals surface area contributed by atoms with Crippen molar-refractivity contribution in [2.45, 2.75) is 24.5 Å². The van der Waals surface area contributed by atoms with Gasteiger partial charge in [-0.2, -0.15) is 0 Å². The number of ether oxygens (including phenoxy) is 1. The molecule has 150 valence electrons. The van der Waals surface area contributed by atoms with Gasteiger partial charge in [0, 0.05) is 15.5 Å². The molecule has 29 heavy (non-hydrogen) atoms. The summed E-state index contributed by atoms with van der Waals surface area (Å²) in [5, 5.41) is 12.2. The molecule has 10 heteroatoms. The zero-order valence-electron chi connectivity index (χ0n) is 15.4. The monoisotopic (exact) mass is 449 g/mol. The summed E-state index contributed by atoms with van der Waals surface area (Å²) in [7, 11) is 1.34. The molecule has 3 aromatic rings. The number of anilines is 1. The van der Waals surface area contributed by atoms with E-state index >= 15 is 0 Å². The number of carbonyl (C=O) groups excluding carboxylic acids is 2. The van der Waals surface area contributed by atoms with Gasteiger partial charge in [0.2, 0.25) is 11.8 Å². The molecular formula is C19H16ClN3O4S2. The van der Waals surface area contributed by atoms with Crippen molar-refractivity contribution in [3.63, 3.8) is 0 Å². The lowest BCUT2D eigenvalue weighted by Crippen LogP contribution is -2.16. The number of nitrogens with one attached hydrogen (secondary N) is 1. The normalized spacial score (nSPS) is 12.6. The molecular weight excluding hydrogens is 434 g/mol. The van der Waals surface area contributed by atoms with Crippen LogP contribution in [-0.4, -0.2) is 34.9 Å². The molecule has 0 radical (unpaired) electrons. The number of thiophene rings is 1.